The second-order valence-electron chi connectivity index (χ2n) is 4.05. The Bertz CT molecular complexity index is 809. The highest BCUT2D eigenvalue weighted by atomic mass is 32.1. The van der Waals surface area contributed by atoms with Gasteiger partial charge >= 0.3 is 0 Å². The summed E-state index contributed by atoms with van der Waals surface area (Å²) in [7, 11) is 0. The van der Waals surface area contributed by atoms with Crippen LogP contribution in [0.25, 0.3) is 12.2 Å². The van der Waals surface area contributed by atoms with Gasteiger partial charge in [0.25, 0.3) is 0 Å². The van der Waals surface area contributed by atoms with Crippen molar-refractivity contribution in [1.82, 2.24) is 0 Å². The minimum atomic E-state index is 0.329. The van der Waals surface area contributed by atoms with E-state index in [-0.39, 0.29) is 0 Å². The molecule has 0 saturated heterocycles. The fourth-order valence-corrected chi connectivity index (χ4v) is 2.67. The van der Waals surface area contributed by atoms with E-state index in [1.165, 1.54) is 11.3 Å². The zero-order valence-electron chi connectivity index (χ0n) is 10.8. The topological polar surface area (TPSA) is 59.7 Å². The highest BCUT2D eigenvalue weighted by molar-refractivity contribution is 7.14. The summed E-state index contributed by atoms with van der Waals surface area (Å²) in [6.45, 7) is 7.78. The van der Waals surface area contributed by atoms with E-state index in [1.807, 2.05) is 41.9 Å². The van der Waals surface area contributed by atoms with Crippen molar-refractivity contribution in [3.63, 3.8) is 0 Å². The monoisotopic (exact) mass is 279 g/mol. The first-order valence-corrected chi connectivity index (χ1v) is 6.79. The van der Waals surface area contributed by atoms with Crippen LogP contribution in [0, 0.1) is 16.9 Å². The molecule has 0 amide bonds. The standard InChI is InChI=1S/C16H13N3S/c1-3-12(13-7-5-4-6-11(13)2)15(18)14-8-9-20-16(14)19-10-17/h3-9,18-19H,1-2H2/b13-12+,18-15?. The lowest BCUT2D eigenvalue weighted by molar-refractivity contribution is 1.46. The first kappa shape index (κ1) is 13.8. The van der Waals surface area contributed by atoms with Crippen molar-refractivity contribution < 1.29 is 0 Å². The average molecular weight is 279 g/mol. The molecule has 1 aromatic heterocycles. The van der Waals surface area contributed by atoms with Crippen LogP contribution in [0.3, 0.4) is 0 Å². The molecule has 0 bridgehead atoms. The van der Waals surface area contributed by atoms with Gasteiger partial charge in [-0.15, -0.1) is 11.3 Å². The van der Waals surface area contributed by atoms with Crippen molar-refractivity contribution in [2.75, 3.05) is 5.32 Å². The van der Waals surface area contributed by atoms with Gasteiger partial charge in [0.1, 0.15) is 5.00 Å². The maximum atomic E-state index is 8.74. The third-order valence-electron chi connectivity index (χ3n) is 2.88. The minimum Gasteiger partial charge on any atom is -0.300 e. The summed E-state index contributed by atoms with van der Waals surface area (Å²) in [6.07, 6.45) is 3.54. The van der Waals surface area contributed by atoms with Crippen molar-refractivity contribution >= 4 is 34.2 Å². The molecule has 0 unspecified atom stereocenters. The number of hydrogen-bond acceptors (Lipinski definition) is 4. The van der Waals surface area contributed by atoms with Gasteiger partial charge in [-0.05, 0) is 21.9 Å². The van der Waals surface area contributed by atoms with E-state index >= 15 is 0 Å². The number of anilines is 1. The first-order chi connectivity index (χ1) is 9.69. The first-order valence-electron chi connectivity index (χ1n) is 5.91. The Kier molecular flexibility index (Phi) is 4.14. The Morgan fingerprint density at radius 1 is 1.35 bits per heavy atom. The van der Waals surface area contributed by atoms with Crippen molar-refractivity contribution in [1.29, 1.82) is 10.7 Å². The summed E-state index contributed by atoms with van der Waals surface area (Å²) in [5, 5.41) is 24.0. The molecule has 1 aromatic carbocycles. The van der Waals surface area contributed by atoms with E-state index in [1.54, 1.807) is 6.08 Å². The number of nitrogens with zero attached hydrogens (tertiary/aromatic N) is 1. The van der Waals surface area contributed by atoms with E-state index in [9.17, 15) is 0 Å². The van der Waals surface area contributed by atoms with Gasteiger partial charge in [-0.3, -0.25) is 10.7 Å². The molecule has 0 radical (unpaired) electrons. The Morgan fingerprint density at radius 2 is 2.10 bits per heavy atom. The van der Waals surface area contributed by atoms with E-state index in [0.717, 1.165) is 10.4 Å². The summed E-state index contributed by atoms with van der Waals surface area (Å²) in [6, 6.07) is 9.44. The fraction of sp³-hybridized carbons (Fsp3) is 0. The van der Waals surface area contributed by atoms with Gasteiger partial charge in [0.2, 0.25) is 0 Å². The van der Waals surface area contributed by atoms with E-state index in [4.69, 9.17) is 10.7 Å². The minimum absolute atomic E-state index is 0.329. The van der Waals surface area contributed by atoms with Gasteiger partial charge in [-0.25, -0.2) is 0 Å². The molecule has 2 rings (SSSR count). The van der Waals surface area contributed by atoms with Crippen molar-refractivity contribution in [3.8, 4) is 6.19 Å². The third-order valence-corrected chi connectivity index (χ3v) is 3.71. The van der Waals surface area contributed by atoms with Gasteiger partial charge in [-0.2, -0.15) is 5.26 Å². The summed E-state index contributed by atoms with van der Waals surface area (Å²) < 4.78 is 0. The number of benzene rings is 1. The van der Waals surface area contributed by atoms with E-state index in [0.29, 0.717) is 21.8 Å². The summed E-state index contributed by atoms with van der Waals surface area (Å²) in [5.41, 5.74) is 1.72. The number of hydrogen-bond donors (Lipinski definition) is 2. The maximum Gasteiger partial charge on any atom is 0.182 e. The average Bonchev–Trinajstić information content (AvgIpc) is 2.90. The van der Waals surface area contributed by atoms with Crippen LogP contribution >= 0.6 is 11.3 Å². The molecular weight excluding hydrogens is 266 g/mol. The van der Waals surface area contributed by atoms with Crippen LogP contribution in [-0.2, 0) is 0 Å². The lowest BCUT2D eigenvalue weighted by Gasteiger charge is -2.06. The predicted octanol–water partition coefficient (Wildman–Crippen LogP) is 2.46. The molecule has 4 heteroatoms. The number of allylic oxidation sites excluding steroid dienone is 1. The predicted molar refractivity (Wildman–Crippen MR) is 85.2 cm³/mol. The number of rotatable bonds is 4. The van der Waals surface area contributed by atoms with Gasteiger partial charge in [0.05, 0.1) is 5.71 Å². The van der Waals surface area contributed by atoms with Gasteiger partial charge in [-0.1, -0.05) is 43.5 Å². The molecule has 0 fully saturated rings. The summed E-state index contributed by atoms with van der Waals surface area (Å²) >= 11 is 1.39. The van der Waals surface area contributed by atoms with Crippen molar-refractivity contribution in [2.24, 2.45) is 0 Å². The van der Waals surface area contributed by atoms with Crippen molar-refractivity contribution in [2.45, 2.75) is 0 Å². The second kappa shape index (κ2) is 6.00. The largest absolute Gasteiger partial charge is 0.300 e. The zero-order chi connectivity index (χ0) is 14.5. The molecule has 3 nitrogen and oxygen atoms in total. The van der Waals surface area contributed by atoms with Crippen LogP contribution in [0.4, 0.5) is 5.00 Å². The molecular formula is C16H13N3S. The van der Waals surface area contributed by atoms with Crippen LogP contribution < -0.4 is 15.8 Å². The molecule has 98 valence electrons. The zero-order valence-corrected chi connectivity index (χ0v) is 11.6. The van der Waals surface area contributed by atoms with Gasteiger partial charge in [0.15, 0.2) is 6.19 Å². The normalized spacial score (nSPS) is 11.3. The van der Waals surface area contributed by atoms with E-state index in [2.05, 4.69) is 18.5 Å². The SMILES string of the molecule is C=C/C(C(=N)c1ccsc1NC#N)=c1/ccccc1=C. The molecule has 2 aromatic rings. The van der Waals surface area contributed by atoms with Crippen LogP contribution in [0.1, 0.15) is 5.56 Å². The molecule has 20 heavy (non-hydrogen) atoms. The molecule has 0 saturated carbocycles. The quantitative estimate of drug-likeness (QED) is 0.513. The second-order valence-corrected chi connectivity index (χ2v) is 4.97. The number of nitrogens with one attached hydrogen (secondary N) is 2. The van der Waals surface area contributed by atoms with Crippen molar-refractivity contribution in [3.05, 3.63) is 64.4 Å². The van der Waals surface area contributed by atoms with Crippen LogP contribution in [0.5, 0.6) is 0 Å². The Balaban J connectivity index is 2.63. The lowest BCUT2D eigenvalue weighted by atomic mass is 10.0. The maximum absolute atomic E-state index is 8.74. The highest BCUT2D eigenvalue weighted by Crippen LogP contribution is 2.25. The van der Waals surface area contributed by atoms with Gasteiger partial charge in [0, 0.05) is 11.1 Å². The molecule has 0 spiro atoms. The lowest BCUT2D eigenvalue weighted by Crippen LogP contribution is -2.27. The summed E-state index contributed by atoms with van der Waals surface area (Å²) in [4.78, 5) is 0. The van der Waals surface area contributed by atoms with E-state index < -0.39 is 0 Å². The molecule has 2 N–H and O–H groups in total. The van der Waals surface area contributed by atoms with Crippen LogP contribution in [0.15, 0.2) is 48.4 Å². The highest BCUT2D eigenvalue weighted by Gasteiger charge is 2.12. The summed E-state index contributed by atoms with van der Waals surface area (Å²) in [5.74, 6) is 0. The molecule has 0 atom stereocenters. The molecule has 0 aliphatic rings. The number of nitriles is 1. The molecule has 0 aliphatic carbocycles. The molecule has 1 heterocycles. The van der Waals surface area contributed by atoms with Gasteiger partial charge < -0.3 is 0 Å². The Hall–Kier alpha value is -2.64. The fourth-order valence-electron chi connectivity index (χ4n) is 1.93. The number of thiophene rings is 1. The Labute approximate surface area is 121 Å². The smallest absolute Gasteiger partial charge is 0.182 e. The van der Waals surface area contributed by atoms with Crippen LogP contribution in [0.2, 0.25) is 0 Å². The third kappa shape index (κ3) is 2.53. The molecule has 0 aliphatic heterocycles. The van der Waals surface area contributed by atoms with Crippen LogP contribution in [-0.4, -0.2) is 5.71 Å². The Morgan fingerprint density at radius 3 is 2.75 bits per heavy atom.